The highest BCUT2D eigenvalue weighted by Gasteiger charge is 2.24. The molecule has 1 aliphatic heterocycles. The molecular weight excluding hydrogens is 368 g/mol. The lowest BCUT2D eigenvalue weighted by molar-refractivity contribution is -0.122. The Kier molecular flexibility index (Phi) is 4.53. The van der Waals surface area contributed by atoms with Crippen LogP contribution in [0.5, 0.6) is 0 Å². The minimum atomic E-state index is -3.26. The quantitative estimate of drug-likeness (QED) is 0.825. The number of halogens is 1. The van der Waals surface area contributed by atoms with Gasteiger partial charge in [-0.3, -0.25) is 9.36 Å². The summed E-state index contributed by atoms with van der Waals surface area (Å²) >= 11 is 6.09. The first-order valence-corrected chi connectivity index (χ1v) is 9.48. The normalized spacial score (nSPS) is 18.4. The highest BCUT2D eigenvalue weighted by molar-refractivity contribution is 7.94. The number of nitrogens with zero attached hydrogens (tertiary/aromatic N) is 3. The zero-order valence-electron chi connectivity index (χ0n) is 13.2. The first-order valence-electron chi connectivity index (χ1n) is 7.38. The topological polar surface area (TPSA) is 103 Å². The highest BCUT2D eigenvalue weighted by Crippen LogP contribution is 2.17. The van der Waals surface area contributed by atoms with E-state index in [1.165, 1.54) is 10.6 Å². The molecule has 2 heterocycles. The molecule has 132 valence electrons. The maximum absolute atomic E-state index is 12.5. The fourth-order valence-electron chi connectivity index (χ4n) is 2.52. The van der Waals surface area contributed by atoms with Crippen molar-refractivity contribution >= 4 is 27.3 Å². The van der Waals surface area contributed by atoms with E-state index >= 15 is 0 Å². The maximum Gasteiger partial charge on any atom is 0.351 e. The van der Waals surface area contributed by atoms with Crippen molar-refractivity contribution in [3.05, 3.63) is 57.1 Å². The summed E-state index contributed by atoms with van der Waals surface area (Å²) in [6, 6.07) is 6.15. The van der Waals surface area contributed by atoms with E-state index < -0.39 is 27.5 Å². The van der Waals surface area contributed by atoms with Gasteiger partial charge in [-0.1, -0.05) is 23.7 Å². The predicted molar refractivity (Wildman–Crippen MR) is 92.4 cm³/mol. The van der Waals surface area contributed by atoms with Gasteiger partial charge in [0.15, 0.2) is 9.84 Å². The number of amides is 1. The van der Waals surface area contributed by atoms with Gasteiger partial charge in [-0.15, -0.1) is 0 Å². The molecule has 0 aliphatic carbocycles. The van der Waals surface area contributed by atoms with Crippen molar-refractivity contribution in [1.82, 2.24) is 19.7 Å². The molecule has 1 amide bonds. The molecule has 0 saturated carbocycles. The second kappa shape index (κ2) is 6.49. The molecule has 10 heteroatoms. The number of hydrogen-bond donors (Lipinski definition) is 1. The zero-order chi connectivity index (χ0) is 18.2. The summed E-state index contributed by atoms with van der Waals surface area (Å²) in [7, 11) is -3.26. The van der Waals surface area contributed by atoms with Gasteiger partial charge in [-0.05, 0) is 25.1 Å². The number of carbonyl (C=O) groups is 1. The average molecular weight is 383 g/mol. The number of aromatic nitrogens is 3. The van der Waals surface area contributed by atoms with E-state index in [0.29, 0.717) is 16.5 Å². The fourth-order valence-corrected chi connectivity index (χ4v) is 3.97. The summed E-state index contributed by atoms with van der Waals surface area (Å²) in [5.74, 6) is -0.309. The number of benzene rings is 1. The van der Waals surface area contributed by atoms with Gasteiger partial charge in [0.05, 0.1) is 22.5 Å². The number of sulfone groups is 1. The zero-order valence-corrected chi connectivity index (χ0v) is 14.8. The van der Waals surface area contributed by atoms with E-state index in [2.05, 4.69) is 10.4 Å². The van der Waals surface area contributed by atoms with Crippen molar-refractivity contribution < 1.29 is 13.2 Å². The lowest BCUT2D eigenvalue weighted by Gasteiger charge is -2.10. The van der Waals surface area contributed by atoms with Crippen molar-refractivity contribution in [1.29, 1.82) is 0 Å². The van der Waals surface area contributed by atoms with Crippen LogP contribution in [0.4, 0.5) is 0 Å². The van der Waals surface area contributed by atoms with E-state index in [0.717, 1.165) is 10.1 Å². The number of aryl methyl sites for hydroxylation is 1. The number of para-hydroxylation sites is 1. The molecule has 0 saturated heterocycles. The Hall–Kier alpha value is -2.39. The molecule has 1 aromatic carbocycles. The van der Waals surface area contributed by atoms with Crippen LogP contribution in [-0.2, 0) is 21.2 Å². The third-order valence-electron chi connectivity index (χ3n) is 3.71. The van der Waals surface area contributed by atoms with Crippen LogP contribution in [0.1, 0.15) is 5.82 Å². The van der Waals surface area contributed by atoms with E-state index in [-0.39, 0.29) is 12.3 Å². The highest BCUT2D eigenvalue weighted by atomic mass is 35.5. The lowest BCUT2D eigenvalue weighted by Crippen LogP contribution is -2.39. The molecule has 0 fully saturated rings. The SMILES string of the molecule is Cc1nn(-c2ccccc2Cl)c(=O)n1CC(=O)N[C@H]1C=CS(=O)(=O)C1. The predicted octanol–water partition coefficient (Wildman–Crippen LogP) is 0.423. The monoisotopic (exact) mass is 382 g/mol. The number of rotatable bonds is 4. The second-order valence-corrected chi connectivity index (χ2v) is 7.95. The van der Waals surface area contributed by atoms with E-state index in [1.807, 2.05) is 0 Å². The third kappa shape index (κ3) is 3.67. The van der Waals surface area contributed by atoms with Crippen molar-refractivity contribution in [2.75, 3.05) is 5.75 Å². The molecule has 0 bridgehead atoms. The Morgan fingerprint density at radius 3 is 2.76 bits per heavy atom. The van der Waals surface area contributed by atoms with Gasteiger partial charge < -0.3 is 5.32 Å². The maximum atomic E-state index is 12.5. The van der Waals surface area contributed by atoms with Crippen molar-refractivity contribution in [2.24, 2.45) is 0 Å². The van der Waals surface area contributed by atoms with Gasteiger partial charge in [0.2, 0.25) is 5.91 Å². The molecule has 1 N–H and O–H groups in total. The van der Waals surface area contributed by atoms with Crippen LogP contribution >= 0.6 is 11.6 Å². The summed E-state index contributed by atoms with van der Waals surface area (Å²) in [6.45, 7) is 1.33. The minimum absolute atomic E-state index is 0.175. The van der Waals surface area contributed by atoms with Crippen LogP contribution in [0.25, 0.3) is 5.69 Å². The van der Waals surface area contributed by atoms with Gasteiger partial charge in [0, 0.05) is 5.41 Å². The third-order valence-corrected chi connectivity index (χ3v) is 5.42. The van der Waals surface area contributed by atoms with Crippen LogP contribution in [0.15, 0.2) is 40.5 Å². The summed E-state index contributed by atoms with van der Waals surface area (Å²) in [5, 5.41) is 8.15. The Bertz CT molecular complexity index is 1020. The Morgan fingerprint density at radius 2 is 2.12 bits per heavy atom. The van der Waals surface area contributed by atoms with Gasteiger partial charge >= 0.3 is 5.69 Å². The fraction of sp³-hybridized carbons (Fsp3) is 0.267. The van der Waals surface area contributed by atoms with E-state index in [9.17, 15) is 18.0 Å². The first-order chi connectivity index (χ1) is 11.8. The van der Waals surface area contributed by atoms with Gasteiger partial charge in [0.1, 0.15) is 12.4 Å². The molecule has 0 radical (unpaired) electrons. The molecule has 0 unspecified atom stereocenters. The second-order valence-electron chi connectivity index (χ2n) is 5.61. The standard InChI is InChI=1S/C15H15ClN4O4S/c1-10-18-20(13-5-3-2-4-12(13)16)15(22)19(10)8-14(21)17-11-6-7-25(23,24)9-11/h2-7,11H,8-9H2,1H3,(H,17,21)/t11-/m0/s1. The van der Waals surface area contributed by atoms with E-state index in [4.69, 9.17) is 11.6 Å². The van der Waals surface area contributed by atoms with Gasteiger partial charge in [0.25, 0.3) is 0 Å². The van der Waals surface area contributed by atoms with Gasteiger partial charge in [-0.2, -0.15) is 9.78 Å². The summed E-state index contributed by atoms with van der Waals surface area (Å²) in [5.41, 5.74) is -0.0865. The Balaban J connectivity index is 1.80. The average Bonchev–Trinajstić information content (AvgIpc) is 3.01. The molecule has 1 atom stereocenters. The van der Waals surface area contributed by atoms with Crippen molar-refractivity contribution in [2.45, 2.75) is 19.5 Å². The lowest BCUT2D eigenvalue weighted by atomic mass is 10.3. The Labute approximate surface area is 148 Å². The Morgan fingerprint density at radius 1 is 1.40 bits per heavy atom. The molecule has 1 aromatic heterocycles. The van der Waals surface area contributed by atoms with Crippen molar-refractivity contribution in [3.63, 3.8) is 0 Å². The van der Waals surface area contributed by atoms with Crippen LogP contribution in [0.3, 0.4) is 0 Å². The number of nitrogens with one attached hydrogen (secondary N) is 1. The van der Waals surface area contributed by atoms with Crippen molar-refractivity contribution in [3.8, 4) is 5.69 Å². The molecule has 0 spiro atoms. The van der Waals surface area contributed by atoms with Crippen LogP contribution in [0.2, 0.25) is 5.02 Å². The minimum Gasteiger partial charge on any atom is -0.347 e. The summed E-state index contributed by atoms with van der Waals surface area (Å²) in [6.07, 6.45) is 1.41. The van der Waals surface area contributed by atoms with Crippen LogP contribution < -0.4 is 11.0 Å². The van der Waals surface area contributed by atoms with Crippen LogP contribution in [0, 0.1) is 6.92 Å². The van der Waals surface area contributed by atoms with Crippen LogP contribution in [-0.4, -0.2) is 40.5 Å². The smallest absolute Gasteiger partial charge is 0.347 e. The molecular formula is C15H15ClN4O4S. The summed E-state index contributed by atoms with van der Waals surface area (Å²) in [4.78, 5) is 24.7. The molecule has 1 aliphatic rings. The molecule has 8 nitrogen and oxygen atoms in total. The van der Waals surface area contributed by atoms with Gasteiger partial charge in [-0.25, -0.2) is 13.2 Å². The first kappa shape index (κ1) is 17.4. The van der Waals surface area contributed by atoms with E-state index in [1.54, 1.807) is 31.2 Å². The number of hydrogen-bond acceptors (Lipinski definition) is 5. The largest absolute Gasteiger partial charge is 0.351 e. The molecule has 2 aromatic rings. The molecule has 3 rings (SSSR count). The number of carbonyl (C=O) groups excluding carboxylic acids is 1. The summed E-state index contributed by atoms with van der Waals surface area (Å²) < 4.78 is 25.1. The molecule has 25 heavy (non-hydrogen) atoms.